The van der Waals surface area contributed by atoms with Crippen LogP contribution in [-0.4, -0.2) is 32.1 Å². The van der Waals surface area contributed by atoms with Gasteiger partial charge in [0.05, 0.1) is 16.9 Å². The van der Waals surface area contributed by atoms with E-state index >= 15 is 0 Å². The predicted molar refractivity (Wildman–Crippen MR) is 57.3 cm³/mol. The van der Waals surface area contributed by atoms with Gasteiger partial charge in [-0.3, -0.25) is 15.1 Å². The van der Waals surface area contributed by atoms with E-state index in [0.717, 1.165) is 6.20 Å². The average molecular weight is 247 g/mol. The van der Waals surface area contributed by atoms with Crippen molar-refractivity contribution < 1.29 is 15.1 Å². The molecule has 0 aliphatic rings. The van der Waals surface area contributed by atoms with Crippen molar-refractivity contribution in [3.63, 3.8) is 0 Å². The molecule has 6 nitrogen and oxygen atoms in total. The molecule has 88 valence electrons. The minimum atomic E-state index is -1.27. The largest absolute Gasteiger partial charge is 0.389 e. The molecule has 1 heterocycles. The summed E-state index contributed by atoms with van der Waals surface area (Å²) < 4.78 is 0. The summed E-state index contributed by atoms with van der Waals surface area (Å²) in [4.78, 5) is 13.7. The van der Waals surface area contributed by atoms with Crippen LogP contribution in [0.25, 0.3) is 0 Å². The number of aromatic nitrogens is 1. The second-order valence-corrected chi connectivity index (χ2v) is 3.60. The average Bonchev–Trinajstić information content (AvgIpc) is 2.27. The third kappa shape index (κ3) is 2.66. The maximum atomic E-state index is 10.5. The zero-order valence-electron chi connectivity index (χ0n) is 8.50. The van der Waals surface area contributed by atoms with Gasteiger partial charge in [0.1, 0.15) is 12.3 Å². The molecule has 1 aromatic rings. The molecule has 7 heteroatoms. The molecule has 0 amide bonds. The second kappa shape index (κ2) is 5.20. The minimum absolute atomic E-state index is 0.163. The van der Waals surface area contributed by atoms with Gasteiger partial charge >= 0.3 is 0 Å². The van der Waals surface area contributed by atoms with Crippen LogP contribution >= 0.6 is 11.6 Å². The quantitative estimate of drug-likeness (QED) is 0.468. The second-order valence-electron chi connectivity index (χ2n) is 3.29. The third-order valence-corrected chi connectivity index (χ3v) is 2.48. The summed E-state index contributed by atoms with van der Waals surface area (Å²) in [7, 11) is 0. The van der Waals surface area contributed by atoms with Crippen LogP contribution in [0.5, 0.6) is 0 Å². The summed E-state index contributed by atoms with van der Waals surface area (Å²) in [6, 6.07) is 1.18. The fourth-order valence-corrected chi connectivity index (χ4v) is 1.40. The Hall–Kier alpha value is -1.24. The Bertz CT molecular complexity index is 399. The molecule has 0 saturated carbocycles. The van der Waals surface area contributed by atoms with Crippen molar-refractivity contribution >= 4 is 17.3 Å². The molecular formula is C9H11ClN2O4. The monoisotopic (exact) mass is 246 g/mol. The fraction of sp³-hybridized carbons (Fsp3) is 0.444. The molecule has 1 rings (SSSR count). The van der Waals surface area contributed by atoms with Crippen LogP contribution in [0.1, 0.15) is 17.4 Å². The summed E-state index contributed by atoms with van der Waals surface area (Å²) >= 11 is 5.39. The summed E-state index contributed by atoms with van der Waals surface area (Å²) in [5.74, 6) is -0.163. The molecule has 0 aromatic carbocycles. The van der Waals surface area contributed by atoms with Crippen LogP contribution in [0, 0.1) is 17.0 Å². The Morgan fingerprint density at radius 1 is 1.62 bits per heavy atom. The Balaban J connectivity index is 3.11. The summed E-state index contributed by atoms with van der Waals surface area (Å²) in [6.07, 6.45) is -1.35. The van der Waals surface area contributed by atoms with Crippen LogP contribution in [0.2, 0.25) is 0 Å². The highest BCUT2D eigenvalue weighted by Gasteiger charge is 2.22. The van der Waals surface area contributed by atoms with Crippen molar-refractivity contribution in [3.05, 3.63) is 33.6 Å². The normalized spacial score (nSPS) is 14.5. The van der Waals surface area contributed by atoms with Gasteiger partial charge in [-0.25, -0.2) is 0 Å². The zero-order valence-corrected chi connectivity index (χ0v) is 9.26. The number of nitro groups is 1. The number of nitrogens with zero attached hydrogens (tertiary/aromatic N) is 2. The van der Waals surface area contributed by atoms with Gasteiger partial charge in [-0.15, -0.1) is 11.6 Å². The van der Waals surface area contributed by atoms with Crippen LogP contribution < -0.4 is 0 Å². The lowest BCUT2D eigenvalue weighted by molar-refractivity contribution is -0.385. The molecule has 16 heavy (non-hydrogen) atoms. The van der Waals surface area contributed by atoms with Crippen molar-refractivity contribution in [2.45, 2.75) is 19.1 Å². The predicted octanol–water partition coefficient (Wildman–Crippen LogP) is 0.931. The molecular weight excluding hydrogens is 236 g/mol. The number of halogens is 1. The van der Waals surface area contributed by atoms with E-state index in [1.807, 2.05) is 0 Å². The number of aliphatic hydroxyl groups excluding tert-OH is 2. The van der Waals surface area contributed by atoms with Crippen LogP contribution in [0.15, 0.2) is 12.3 Å². The molecule has 0 fully saturated rings. The number of hydrogen-bond donors (Lipinski definition) is 2. The highest BCUT2D eigenvalue weighted by Crippen LogP contribution is 2.24. The SMILES string of the molecule is Cc1ncc([N+](=O)[O-])cc1C(O)C(O)CCl. The first-order valence-electron chi connectivity index (χ1n) is 4.50. The molecule has 0 aliphatic carbocycles. The van der Waals surface area contributed by atoms with E-state index in [2.05, 4.69) is 4.98 Å². The number of alkyl halides is 1. The van der Waals surface area contributed by atoms with Gasteiger partial charge in [0, 0.05) is 17.3 Å². The van der Waals surface area contributed by atoms with Crippen LogP contribution in [0.3, 0.4) is 0 Å². The zero-order chi connectivity index (χ0) is 12.3. The van der Waals surface area contributed by atoms with E-state index in [-0.39, 0.29) is 17.1 Å². The summed E-state index contributed by atoms with van der Waals surface area (Å²) in [5.41, 5.74) is 0.394. The molecule has 1 aromatic heterocycles. The van der Waals surface area contributed by atoms with Crippen LogP contribution in [-0.2, 0) is 0 Å². The first-order valence-corrected chi connectivity index (χ1v) is 5.04. The van der Waals surface area contributed by atoms with Crippen molar-refractivity contribution in [2.24, 2.45) is 0 Å². The van der Waals surface area contributed by atoms with Crippen molar-refractivity contribution in [1.82, 2.24) is 4.98 Å². The topological polar surface area (TPSA) is 96.5 Å². The van der Waals surface area contributed by atoms with E-state index in [1.165, 1.54) is 6.07 Å². The number of aliphatic hydroxyl groups is 2. The Morgan fingerprint density at radius 2 is 2.25 bits per heavy atom. The van der Waals surface area contributed by atoms with Gasteiger partial charge in [-0.05, 0) is 6.92 Å². The molecule has 2 unspecified atom stereocenters. The molecule has 0 bridgehead atoms. The number of pyridine rings is 1. The molecule has 0 saturated heterocycles. The van der Waals surface area contributed by atoms with E-state index in [4.69, 9.17) is 11.6 Å². The number of hydrogen-bond acceptors (Lipinski definition) is 5. The molecule has 0 spiro atoms. The third-order valence-electron chi connectivity index (χ3n) is 2.16. The lowest BCUT2D eigenvalue weighted by Crippen LogP contribution is -2.21. The van der Waals surface area contributed by atoms with E-state index in [0.29, 0.717) is 5.69 Å². The van der Waals surface area contributed by atoms with E-state index in [1.54, 1.807) is 6.92 Å². The Kier molecular flexibility index (Phi) is 4.17. The minimum Gasteiger partial charge on any atom is -0.389 e. The smallest absolute Gasteiger partial charge is 0.287 e. The molecule has 2 atom stereocenters. The molecule has 0 radical (unpaired) electrons. The van der Waals surface area contributed by atoms with Gasteiger partial charge in [-0.1, -0.05) is 0 Å². The van der Waals surface area contributed by atoms with Crippen LogP contribution in [0.4, 0.5) is 5.69 Å². The molecule has 2 N–H and O–H groups in total. The van der Waals surface area contributed by atoms with E-state index in [9.17, 15) is 20.3 Å². The van der Waals surface area contributed by atoms with Gasteiger partial charge in [-0.2, -0.15) is 0 Å². The maximum absolute atomic E-state index is 10.5. The van der Waals surface area contributed by atoms with Crippen molar-refractivity contribution in [1.29, 1.82) is 0 Å². The Morgan fingerprint density at radius 3 is 2.75 bits per heavy atom. The highest BCUT2D eigenvalue weighted by atomic mass is 35.5. The van der Waals surface area contributed by atoms with Gasteiger partial charge in [0.25, 0.3) is 5.69 Å². The standard InChI is InChI=1S/C9H11ClN2O4/c1-5-7(9(14)8(13)3-10)2-6(4-11-5)12(15)16/h2,4,8-9,13-14H,3H2,1H3. The lowest BCUT2D eigenvalue weighted by atomic mass is 10.0. The van der Waals surface area contributed by atoms with Gasteiger partial charge < -0.3 is 10.2 Å². The first kappa shape index (κ1) is 12.8. The summed E-state index contributed by atoms with van der Waals surface area (Å²) in [6.45, 7) is 1.59. The maximum Gasteiger partial charge on any atom is 0.287 e. The number of aryl methyl sites for hydroxylation is 1. The fourth-order valence-electron chi connectivity index (χ4n) is 1.23. The lowest BCUT2D eigenvalue weighted by Gasteiger charge is -2.16. The summed E-state index contributed by atoms with van der Waals surface area (Å²) in [5, 5.41) is 29.6. The number of rotatable bonds is 4. The first-order chi connectivity index (χ1) is 7.47. The van der Waals surface area contributed by atoms with Crippen molar-refractivity contribution in [2.75, 3.05) is 5.88 Å². The van der Waals surface area contributed by atoms with Gasteiger partial charge in [0.15, 0.2) is 0 Å². The Labute approximate surface area is 96.7 Å². The molecule has 0 aliphatic heterocycles. The highest BCUT2D eigenvalue weighted by molar-refractivity contribution is 6.18. The van der Waals surface area contributed by atoms with E-state index < -0.39 is 17.1 Å². The van der Waals surface area contributed by atoms with Crippen molar-refractivity contribution in [3.8, 4) is 0 Å². The van der Waals surface area contributed by atoms with Gasteiger partial charge in [0.2, 0.25) is 0 Å².